The summed E-state index contributed by atoms with van der Waals surface area (Å²) in [6.45, 7) is 4.64. The van der Waals surface area contributed by atoms with Crippen LogP contribution in [0, 0.1) is 10.1 Å². The van der Waals surface area contributed by atoms with Crippen molar-refractivity contribution in [1.29, 1.82) is 0 Å². The number of hydrogen-bond acceptors (Lipinski definition) is 7. The van der Waals surface area contributed by atoms with Gasteiger partial charge in [0.1, 0.15) is 5.03 Å². The van der Waals surface area contributed by atoms with E-state index in [1.54, 1.807) is 24.5 Å². The maximum Gasteiger partial charge on any atom is 0.270 e. The second-order valence-corrected chi connectivity index (χ2v) is 7.46. The first-order valence-electron chi connectivity index (χ1n) is 8.64. The normalized spacial score (nSPS) is 11.4. The molecule has 2 aromatic heterocycles. The molecule has 2 N–H and O–H groups in total. The first-order chi connectivity index (χ1) is 13.5. The topological polar surface area (TPSA) is 112 Å². The number of imidazole rings is 1. The molecule has 9 heteroatoms. The summed E-state index contributed by atoms with van der Waals surface area (Å²) in [6, 6.07) is 10.4. The smallest absolute Gasteiger partial charge is 0.270 e. The molecular weight excluding hydrogens is 376 g/mol. The van der Waals surface area contributed by atoms with Gasteiger partial charge in [-0.25, -0.2) is 4.98 Å². The van der Waals surface area contributed by atoms with Crippen molar-refractivity contribution in [1.82, 2.24) is 14.5 Å². The van der Waals surface area contributed by atoms with E-state index in [1.165, 1.54) is 24.0 Å². The van der Waals surface area contributed by atoms with E-state index in [4.69, 9.17) is 10.8 Å². The summed E-state index contributed by atoms with van der Waals surface area (Å²) < 4.78 is 2.01. The number of hydrazone groups is 1. The van der Waals surface area contributed by atoms with Gasteiger partial charge in [-0.15, -0.1) is 0 Å². The average molecular weight is 396 g/mol. The van der Waals surface area contributed by atoms with Crippen LogP contribution in [0.3, 0.4) is 0 Å². The first-order valence-corrected chi connectivity index (χ1v) is 9.46. The van der Waals surface area contributed by atoms with Crippen LogP contribution in [0.5, 0.6) is 0 Å². The molecule has 0 aliphatic rings. The summed E-state index contributed by atoms with van der Waals surface area (Å²) in [5.41, 5.74) is 1.94. The van der Waals surface area contributed by atoms with E-state index in [0.29, 0.717) is 12.4 Å². The van der Waals surface area contributed by atoms with Crippen LogP contribution in [-0.4, -0.2) is 25.7 Å². The maximum atomic E-state index is 11.1. The van der Waals surface area contributed by atoms with E-state index in [0.717, 1.165) is 21.2 Å². The summed E-state index contributed by atoms with van der Waals surface area (Å²) in [4.78, 5) is 20.4. The van der Waals surface area contributed by atoms with Crippen LogP contribution < -0.4 is 5.84 Å². The van der Waals surface area contributed by atoms with Gasteiger partial charge >= 0.3 is 0 Å². The second-order valence-electron chi connectivity index (χ2n) is 6.40. The fourth-order valence-corrected chi connectivity index (χ4v) is 3.93. The van der Waals surface area contributed by atoms with Crippen LogP contribution in [0.1, 0.15) is 36.8 Å². The lowest BCUT2D eigenvalue weighted by Crippen LogP contribution is -2.07. The molecule has 0 aliphatic heterocycles. The monoisotopic (exact) mass is 396 g/mol. The number of nitrogens with two attached hydrogens (primary N) is 1. The minimum absolute atomic E-state index is 0.0539. The Morgan fingerprint density at radius 2 is 2.18 bits per heavy atom. The number of non-ortho nitro benzene ring substituents is 1. The number of nitro benzene ring substituents is 1. The number of pyridine rings is 1. The fourth-order valence-electron chi connectivity index (χ4n) is 2.72. The molecule has 0 saturated carbocycles. The van der Waals surface area contributed by atoms with E-state index in [1.807, 2.05) is 22.8 Å². The van der Waals surface area contributed by atoms with Crippen LogP contribution in [0.4, 0.5) is 5.69 Å². The summed E-state index contributed by atoms with van der Waals surface area (Å²) in [5, 5.41) is 15.7. The molecule has 1 aromatic carbocycles. The van der Waals surface area contributed by atoms with Crippen molar-refractivity contribution in [2.24, 2.45) is 10.9 Å². The zero-order chi connectivity index (χ0) is 20.1. The molecule has 0 spiro atoms. The second kappa shape index (κ2) is 8.66. The highest BCUT2D eigenvalue weighted by Crippen LogP contribution is 2.36. The summed E-state index contributed by atoms with van der Waals surface area (Å²) >= 11 is 1.44. The summed E-state index contributed by atoms with van der Waals surface area (Å²) in [6.07, 6.45) is 5.03. The van der Waals surface area contributed by atoms with Crippen molar-refractivity contribution in [3.8, 4) is 0 Å². The molecule has 0 saturated heterocycles. The Kier molecular flexibility index (Phi) is 6.05. The Labute approximate surface area is 166 Å². The van der Waals surface area contributed by atoms with E-state index >= 15 is 0 Å². The number of hydrogen-bond donors (Lipinski definition) is 1. The van der Waals surface area contributed by atoms with Gasteiger partial charge in [0.25, 0.3) is 5.69 Å². The van der Waals surface area contributed by atoms with Gasteiger partial charge in [-0.3, -0.25) is 15.1 Å². The molecule has 0 aliphatic carbocycles. The summed E-state index contributed by atoms with van der Waals surface area (Å²) in [5.74, 6) is 6.17. The molecule has 144 valence electrons. The van der Waals surface area contributed by atoms with Gasteiger partial charge in [-0.2, -0.15) is 5.10 Å². The molecule has 3 aromatic rings. The largest absolute Gasteiger partial charge is 0.323 e. The lowest BCUT2D eigenvalue weighted by atomic mass is 10.1. The number of nitro groups is 1. The molecule has 0 amide bonds. The van der Waals surface area contributed by atoms with Crippen molar-refractivity contribution in [3.63, 3.8) is 0 Å². The zero-order valence-electron chi connectivity index (χ0n) is 15.5. The van der Waals surface area contributed by atoms with Crippen molar-refractivity contribution in [2.45, 2.75) is 36.2 Å². The minimum atomic E-state index is -0.396. The number of benzene rings is 1. The third-order valence-corrected chi connectivity index (χ3v) is 5.13. The molecular formula is C19H20N6O2S. The Morgan fingerprint density at radius 3 is 2.82 bits per heavy atom. The van der Waals surface area contributed by atoms with Gasteiger partial charge in [0, 0.05) is 29.4 Å². The number of rotatable bonds is 7. The Balaban J connectivity index is 2.09. The standard InChI is InChI=1S/C19H20N6O2S/c1-13(2)18-19(28-16-7-3-6-15(9-16)25(26)27)24(17(23-18)11-22-20)12-14-5-4-8-21-10-14/h3-11,13H,12,20H2,1-2H3. The fraction of sp³-hybridized carbons (Fsp3) is 0.211. The van der Waals surface area contributed by atoms with Gasteiger partial charge in [0.2, 0.25) is 0 Å². The van der Waals surface area contributed by atoms with Crippen LogP contribution in [0.2, 0.25) is 0 Å². The molecule has 28 heavy (non-hydrogen) atoms. The third-order valence-electron chi connectivity index (χ3n) is 4.02. The molecule has 3 rings (SSSR count). The number of nitrogens with zero attached hydrogens (tertiary/aromatic N) is 5. The predicted molar refractivity (Wildman–Crippen MR) is 109 cm³/mol. The van der Waals surface area contributed by atoms with Gasteiger partial charge in [0.05, 0.1) is 23.4 Å². The van der Waals surface area contributed by atoms with Crippen molar-refractivity contribution in [3.05, 3.63) is 76.0 Å². The Hall–Kier alpha value is -3.20. The van der Waals surface area contributed by atoms with Crippen LogP contribution in [0.25, 0.3) is 0 Å². The minimum Gasteiger partial charge on any atom is -0.323 e. The van der Waals surface area contributed by atoms with E-state index in [9.17, 15) is 10.1 Å². The molecule has 2 heterocycles. The van der Waals surface area contributed by atoms with Crippen LogP contribution in [-0.2, 0) is 6.54 Å². The van der Waals surface area contributed by atoms with Gasteiger partial charge in [-0.1, -0.05) is 37.7 Å². The zero-order valence-corrected chi connectivity index (χ0v) is 16.3. The van der Waals surface area contributed by atoms with Gasteiger partial charge < -0.3 is 10.4 Å². The highest BCUT2D eigenvalue weighted by molar-refractivity contribution is 7.99. The van der Waals surface area contributed by atoms with Crippen LogP contribution >= 0.6 is 11.8 Å². The highest BCUT2D eigenvalue weighted by atomic mass is 32.2. The third kappa shape index (κ3) is 4.37. The molecule has 0 bridgehead atoms. The quantitative estimate of drug-likeness (QED) is 0.281. The van der Waals surface area contributed by atoms with E-state index < -0.39 is 4.92 Å². The van der Waals surface area contributed by atoms with Gasteiger partial charge in [0.15, 0.2) is 5.82 Å². The predicted octanol–water partition coefficient (Wildman–Crippen LogP) is 3.80. The van der Waals surface area contributed by atoms with Gasteiger partial charge in [-0.05, 0) is 23.6 Å². The molecule has 0 fully saturated rings. The Bertz CT molecular complexity index is 1000. The van der Waals surface area contributed by atoms with Crippen molar-refractivity contribution < 1.29 is 4.92 Å². The first kappa shape index (κ1) is 19.6. The lowest BCUT2D eigenvalue weighted by molar-refractivity contribution is -0.385. The molecule has 0 atom stereocenters. The molecule has 8 nitrogen and oxygen atoms in total. The van der Waals surface area contributed by atoms with E-state index in [2.05, 4.69) is 23.9 Å². The average Bonchev–Trinajstić information content (AvgIpc) is 3.01. The van der Waals surface area contributed by atoms with Crippen molar-refractivity contribution in [2.75, 3.05) is 0 Å². The maximum absolute atomic E-state index is 11.1. The molecule has 0 unspecified atom stereocenters. The lowest BCUT2D eigenvalue weighted by Gasteiger charge is -2.12. The number of aromatic nitrogens is 3. The molecule has 0 radical (unpaired) electrons. The summed E-state index contributed by atoms with van der Waals surface area (Å²) in [7, 11) is 0. The highest BCUT2D eigenvalue weighted by Gasteiger charge is 2.21. The van der Waals surface area contributed by atoms with Crippen LogP contribution in [0.15, 0.2) is 63.8 Å². The van der Waals surface area contributed by atoms with E-state index in [-0.39, 0.29) is 11.6 Å². The SMILES string of the molecule is CC(C)c1nc(C=NN)n(Cc2cccnc2)c1Sc1cccc([N+](=O)[O-])c1. The van der Waals surface area contributed by atoms with Crippen molar-refractivity contribution >= 4 is 23.7 Å². The Morgan fingerprint density at radius 1 is 1.36 bits per heavy atom.